The molecule has 2 N–H and O–H groups in total. The van der Waals surface area contributed by atoms with Crippen LogP contribution < -0.4 is 20.3 Å². The number of ether oxygens (including phenoxy) is 1. The van der Waals surface area contributed by atoms with Crippen molar-refractivity contribution in [3.63, 3.8) is 0 Å². The van der Waals surface area contributed by atoms with E-state index >= 15 is 0 Å². The number of carbonyl (C=O) groups excluding carboxylic acids is 2. The third kappa shape index (κ3) is 7.21. The number of hydrogen-bond acceptors (Lipinski definition) is 3. The molecule has 0 fully saturated rings. The molecule has 6 heteroatoms. The lowest BCUT2D eigenvalue weighted by Gasteiger charge is -2.24. The minimum Gasteiger partial charge on any atom is -0.457 e. The SMILES string of the molecule is CCc1ccc(C(=O)NCCN(C(=O)Nc2ccc(C)cc2)c2ccc(Oc3ccccc3)cc2)cc1. The van der Waals surface area contributed by atoms with E-state index in [0.717, 1.165) is 17.7 Å². The molecule has 0 spiro atoms. The summed E-state index contributed by atoms with van der Waals surface area (Å²) in [5.74, 6) is 1.23. The number of amides is 3. The highest BCUT2D eigenvalue weighted by Crippen LogP contribution is 2.25. The average Bonchev–Trinajstić information content (AvgIpc) is 2.93. The van der Waals surface area contributed by atoms with Gasteiger partial charge in [0.05, 0.1) is 0 Å². The Morgan fingerprint density at radius 1 is 0.784 bits per heavy atom. The standard InChI is InChI=1S/C31H31N3O3/c1-3-24-11-13-25(14-12-24)30(35)32-21-22-34(31(36)33-26-15-9-23(2)10-16-26)27-17-19-29(20-18-27)37-28-7-5-4-6-8-28/h4-20H,3,21-22H2,1-2H3,(H,32,35)(H,33,36). The molecule has 0 unspecified atom stereocenters. The van der Waals surface area contributed by atoms with Crippen LogP contribution in [0.5, 0.6) is 11.5 Å². The second-order valence-electron chi connectivity index (χ2n) is 8.66. The zero-order valence-electron chi connectivity index (χ0n) is 21.1. The number of hydrogen-bond donors (Lipinski definition) is 2. The number of aryl methyl sites for hydroxylation is 2. The summed E-state index contributed by atoms with van der Waals surface area (Å²) in [5.41, 5.74) is 4.26. The third-order valence-corrected chi connectivity index (χ3v) is 5.92. The first-order valence-corrected chi connectivity index (χ1v) is 12.4. The molecule has 188 valence electrons. The lowest BCUT2D eigenvalue weighted by molar-refractivity contribution is 0.0954. The van der Waals surface area contributed by atoms with E-state index in [2.05, 4.69) is 17.6 Å². The Bertz CT molecular complexity index is 1300. The van der Waals surface area contributed by atoms with Crippen LogP contribution in [0.2, 0.25) is 0 Å². The number of rotatable bonds is 9. The van der Waals surface area contributed by atoms with Crippen molar-refractivity contribution in [2.75, 3.05) is 23.3 Å². The van der Waals surface area contributed by atoms with Gasteiger partial charge >= 0.3 is 6.03 Å². The number of benzene rings is 4. The van der Waals surface area contributed by atoms with E-state index in [1.54, 1.807) is 4.90 Å². The van der Waals surface area contributed by atoms with Crippen LogP contribution >= 0.6 is 0 Å². The minimum atomic E-state index is -0.290. The largest absolute Gasteiger partial charge is 0.457 e. The van der Waals surface area contributed by atoms with Crippen molar-refractivity contribution in [3.05, 3.63) is 120 Å². The van der Waals surface area contributed by atoms with Crippen molar-refractivity contribution in [1.29, 1.82) is 0 Å². The Hall–Kier alpha value is -4.58. The zero-order valence-corrected chi connectivity index (χ0v) is 21.1. The molecular weight excluding hydrogens is 462 g/mol. The Kier molecular flexibility index (Phi) is 8.55. The first-order chi connectivity index (χ1) is 18.0. The van der Waals surface area contributed by atoms with Crippen molar-refractivity contribution < 1.29 is 14.3 Å². The maximum absolute atomic E-state index is 13.3. The van der Waals surface area contributed by atoms with E-state index in [9.17, 15) is 9.59 Å². The fourth-order valence-electron chi connectivity index (χ4n) is 3.77. The van der Waals surface area contributed by atoms with E-state index < -0.39 is 0 Å². The molecule has 0 heterocycles. The lowest BCUT2D eigenvalue weighted by atomic mass is 10.1. The molecule has 37 heavy (non-hydrogen) atoms. The number of anilines is 2. The Morgan fingerprint density at radius 2 is 1.43 bits per heavy atom. The fourth-order valence-corrected chi connectivity index (χ4v) is 3.77. The van der Waals surface area contributed by atoms with Crippen LogP contribution in [0, 0.1) is 6.92 Å². The van der Waals surface area contributed by atoms with Gasteiger partial charge < -0.3 is 15.4 Å². The van der Waals surface area contributed by atoms with Crippen molar-refractivity contribution in [3.8, 4) is 11.5 Å². The molecule has 4 rings (SSSR count). The summed E-state index contributed by atoms with van der Waals surface area (Å²) in [6.45, 7) is 4.65. The smallest absolute Gasteiger partial charge is 0.326 e. The predicted octanol–water partition coefficient (Wildman–Crippen LogP) is 6.82. The van der Waals surface area contributed by atoms with Gasteiger partial charge in [-0.05, 0) is 79.6 Å². The Morgan fingerprint density at radius 3 is 2.08 bits per heavy atom. The van der Waals surface area contributed by atoms with Crippen LogP contribution in [-0.2, 0) is 6.42 Å². The van der Waals surface area contributed by atoms with E-state index in [0.29, 0.717) is 22.7 Å². The van der Waals surface area contributed by atoms with Crippen LogP contribution in [0.15, 0.2) is 103 Å². The molecular formula is C31H31N3O3. The molecule has 0 bridgehead atoms. The topological polar surface area (TPSA) is 70.7 Å². The summed E-state index contributed by atoms with van der Waals surface area (Å²) < 4.78 is 5.88. The van der Waals surface area contributed by atoms with E-state index in [4.69, 9.17) is 4.74 Å². The summed E-state index contributed by atoms with van der Waals surface area (Å²) in [7, 11) is 0. The number of para-hydroxylation sites is 1. The molecule has 0 aliphatic carbocycles. The Labute approximate surface area is 217 Å². The van der Waals surface area contributed by atoms with Crippen molar-refractivity contribution >= 4 is 23.3 Å². The van der Waals surface area contributed by atoms with E-state index in [1.165, 1.54) is 5.56 Å². The monoisotopic (exact) mass is 493 g/mol. The summed E-state index contributed by atoms with van der Waals surface area (Å²) in [6.07, 6.45) is 0.919. The number of urea groups is 1. The first-order valence-electron chi connectivity index (χ1n) is 12.4. The second-order valence-corrected chi connectivity index (χ2v) is 8.66. The summed E-state index contributed by atoms with van der Waals surface area (Å²) in [4.78, 5) is 27.5. The van der Waals surface area contributed by atoms with Crippen molar-refractivity contribution in [1.82, 2.24) is 5.32 Å². The highest BCUT2D eigenvalue weighted by molar-refractivity contribution is 6.02. The second kappa shape index (κ2) is 12.4. The van der Waals surface area contributed by atoms with Gasteiger partial charge in [-0.2, -0.15) is 0 Å². The number of nitrogens with one attached hydrogen (secondary N) is 2. The Balaban J connectivity index is 1.45. The van der Waals surface area contributed by atoms with Gasteiger partial charge in [-0.25, -0.2) is 4.79 Å². The molecule has 0 saturated heterocycles. The van der Waals surface area contributed by atoms with E-state index in [1.807, 2.05) is 110 Å². The summed E-state index contributed by atoms with van der Waals surface area (Å²) in [6, 6.07) is 31.7. The number of carbonyl (C=O) groups is 2. The molecule has 4 aromatic rings. The van der Waals surface area contributed by atoms with Gasteiger partial charge in [-0.1, -0.05) is 55.0 Å². The van der Waals surface area contributed by atoms with Crippen LogP contribution in [-0.4, -0.2) is 25.0 Å². The maximum Gasteiger partial charge on any atom is 0.326 e. The van der Waals surface area contributed by atoms with Gasteiger partial charge in [0.1, 0.15) is 11.5 Å². The van der Waals surface area contributed by atoms with Crippen LogP contribution in [0.25, 0.3) is 0 Å². The predicted molar refractivity (Wildman–Crippen MR) is 149 cm³/mol. The summed E-state index contributed by atoms with van der Waals surface area (Å²) in [5, 5.41) is 5.87. The normalized spacial score (nSPS) is 10.4. The van der Waals surface area contributed by atoms with Crippen LogP contribution in [0.1, 0.15) is 28.4 Å². The molecule has 3 amide bonds. The van der Waals surface area contributed by atoms with Gasteiger partial charge in [-0.3, -0.25) is 9.69 Å². The van der Waals surface area contributed by atoms with Crippen LogP contribution in [0.3, 0.4) is 0 Å². The van der Waals surface area contributed by atoms with E-state index in [-0.39, 0.29) is 25.0 Å². The fraction of sp³-hybridized carbons (Fsp3) is 0.161. The van der Waals surface area contributed by atoms with Gasteiger partial charge in [0.15, 0.2) is 0 Å². The molecule has 0 saturated carbocycles. The molecule has 0 aliphatic rings. The maximum atomic E-state index is 13.3. The molecule has 0 atom stereocenters. The first kappa shape index (κ1) is 25.5. The lowest BCUT2D eigenvalue weighted by Crippen LogP contribution is -2.41. The third-order valence-electron chi connectivity index (χ3n) is 5.92. The van der Waals surface area contributed by atoms with Gasteiger partial charge in [0.2, 0.25) is 0 Å². The zero-order chi connectivity index (χ0) is 26.0. The highest BCUT2D eigenvalue weighted by atomic mass is 16.5. The van der Waals surface area contributed by atoms with Crippen LogP contribution in [0.4, 0.5) is 16.2 Å². The molecule has 4 aromatic carbocycles. The quantitative estimate of drug-likeness (QED) is 0.269. The van der Waals surface area contributed by atoms with Gasteiger partial charge in [-0.15, -0.1) is 0 Å². The molecule has 0 aliphatic heterocycles. The van der Waals surface area contributed by atoms with Crippen molar-refractivity contribution in [2.45, 2.75) is 20.3 Å². The molecule has 6 nitrogen and oxygen atoms in total. The molecule has 0 radical (unpaired) electrons. The van der Waals surface area contributed by atoms with Crippen molar-refractivity contribution in [2.24, 2.45) is 0 Å². The average molecular weight is 494 g/mol. The van der Waals surface area contributed by atoms with Gasteiger partial charge in [0.25, 0.3) is 5.91 Å². The highest BCUT2D eigenvalue weighted by Gasteiger charge is 2.17. The van der Waals surface area contributed by atoms with Gasteiger partial charge in [0, 0.05) is 30.0 Å². The summed E-state index contributed by atoms with van der Waals surface area (Å²) >= 11 is 0. The molecule has 0 aromatic heterocycles. The minimum absolute atomic E-state index is 0.173. The number of nitrogens with zero attached hydrogens (tertiary/aromatic N) is 1.